The van der Waals surface area contributed by atoms with Crippen molar-refractivity contribution in [2.75, 3.05) is 30.4 Å². The number of aromatic nitrogens is 2. The van der Waals surface area contributed by atoms with Gasteiger partial charge in [0.25, 0.3) is 0 Å². The van der Waals surface area contributed by atoms with Crippen LogP contribution in [0.1, 0.15) is 43.5 Å². The van der Waals surface area contributed by atoms with Crippen molar-refractivity contribution in [1.29, 1.82) is 5.26 Å². The number of nitriles is 1. The molecule has 1 aromatic heterocycles. The predicted octanol–water partition coefficient (Wildman–Crippen LogP) is 2.44. The topological polar surface area (TPSA) is 64.8 Å². The van der Waals surface area contributed by atoms with E-state index in [9.17, 15) is 0 Å². The normalized spacial score (nSPS) is 14.0. The molecule has 1 aliphatic carbocycles. The average Bonchev–Trinajstić information content (AvgIpc) is 3.23. The van der Waals surface area contributed by atoms with Crippen molar-refractivity contribution in [2.24, 2.45) is 0 Å². The molecule has 1 aromatic rings. The fourth-order valence-corrected chi connectivity index (χ4v) is 2.08. The molecule has 5 nitrogen and oxygen atoms in total. The summed E-state index contributed by atoms with van der Waals surface area (Å²) in [5.41, 5.74) is 1.06. The largest absolute Gasteiger partial charge is 0.370 e. The zero-order valence-electron chi connectivity index (χ0n) is 11.9. The van der Waals surface area contributed by atoms with Crippen LogP contribution in [0.5, 0.6) is 0 Å². The van der Waals surface area contributed by atoms with Crippen LogP contribution < -0.4 is 10.2 Å². The lowest BCUT2D eigenvalue weighted by atomic mass is 10.2. The molecule has 0 atom stereocenters. The van der Waals surface area contributed by atoms with E-state index in [0.717, 1.165) is 29.6 Å². The number of hydrogen-bond acceptors (Lipinski definition) is 5. The Kier molecular flexibility index (Phi) is 4.20. The van der Waals surface area contributed by atoms with E-state index in [1.54, 1.807) is 0 Å². The number of nitrogens with one attached hydrogen (secondary N) is 1. The van der Waals surface area contributed by atoms with Gasteiger partial charge in [0, 0.05) is 31.6 Å². The molecular formula is C14H21N5. The van der Waals surface area contributed by atoms with Gasteiger partial charge in [0.15, 0.2) is 0 Å². The molecule has 0 aliphatic heterocycles. The van der Waals surface area contributed by atoms with Crippen molar-refractivity contribution in [3.8, 4) is 6.07 Å². The van der Waals surface area contributed by atoms with E-state index in [2.05, 4.69) is 23.3 Å². The highest BCUT2D eigenvalue weighted by Gasteiger charge is 2.28. The Morgan fingerprint density at radius 1 is 1.42 bits per heavy atom. The zero-order valence-corrected chi connectivity index (χ0v) is 11.9. The summed E-state index contributed by atoms with van der Waals surface area (Å²) in [4.78, 5) is 11.4. The Morgan fingerprint density at radius 2 is 2.16 bits per heavy atom. The van der Waals surface area contributed by atoms with Gasteiger partial charge in [0.1, 0.15) is 17.5 Å². The first-order valence-corrected chi connectivity index (χ1v) is 6.87. The molecule has 0 spiro atoms. The van der Waals surface area contributed by atoms with E-state index >= 15 is 0 Å². The summed E-state index contributed by atoms with van der Waals surface area (Å²) in [6.45, 7) is 5.65. The number of rotatable bonds is 6. The van der Waals surface area contributed by atoms with Gasteiger partial charge in [-0.15, -0.1) is 0 Å². The highest BCUT2D eigenvalue weighted by atomic mass is 15.2. The second-order valence-corrected chi connectivity index (χ2v) is 5.01. The third-order valence-electron chi connectivity index (χ3n) is 3.34. The molecule has 1 aliphatic rings. The Morgan fingerprint density at radius 3 is 2.74 bits per heavy atom. The molecule has 102 valence electrons. The average molecular weight is 259 g/mol. The maximum absolute atomic E-state index is 8.70. The molecular weight excluding hydrogens is 238 g/mol. The smallest absolute Gasteiger partial charge is 0.137 e. The lowest BCUT2D eigenvalue weighted by Crippen LogP contribution is -2.22. The maximum atomic E-state index is 8.70. The van der Waals surface area contributed by atoms with E-state index in [-0.39, 0.29) is 0 Å². The van der Waals surface area contributed by atoms with Gasteiger partial charge in [-0.25, -0.2) is 9.97 Å². The minimum atomic E-state index is 0.509. The summed E-state index contributed by atoms with van der Waals surface area (Å²) in [6, 6.07) is 2.18. The van der Waals surface area contributed by atoms with Crippen LogP contribution in [0.2, 0.25) is 0 Å². The van der Waals surface area contributed by atoms with Crippen LogP contribution in [0.15, 0.2) is 0 Å². The molecule has 5 heteroatoms. The second-order valence-electron chi connectivity index (χ2n) is 5.01. The van der Waals surface area contributed by atoms with Gasteiger partial charge in [0.05, 0.1) is 12.5 Å². The Labute approximate surface area is 114 Å². The summed E-state index contributed by atoms with van der Waals surface area (Å²) in [5, 5.41) is 12.0. The van der Waals surface area contributed by atoms with Crippen molar-refractivity contribution in [3.63, 3.8) is 0 Å². The highest BCUT2D eigenvalue weighted by Crippen LogP contribution is 2.39. The van der Waals surface area contributed by atoms with Gasteiger partial charge in [0.2, 0.25) is 0 Å². The molecule has 0 saturated heterocycles. The molecule has 1 saturated carbocycles. The number of nitrogens with zero attached hydrogens (tertiary/aromatic N) is 4. The van der Waals surface area contributed by atoms with Crippen LogP contribution in [-0.2, 0) is 0 Å². The lowest BCUT2D eigenvalue weighted by molar-refractivity contribution is 0.840. The molecule has 0 radical (unpaired) electrons. The molecule has 0 unspecified atom stereocenters. The minimum Gasteiger partial charge on any atom is -0.370 e. The first-order chi connectivity index (χ1) is 9.17. The quantitative estimate of drug-likeness (QED) is 0.850. The van der Waals surface area contributed by atoms with Crippen LogP contribution in [0.4, 0.5) is 11.6 Å². The molecule has 19 heavy (non-hydrogen) atoms. The summed E-state index contributed by atoms with van der Waals surface area (Å²) in [7, 11) is 1.99. The Hall–Kier alpha value is -1.83. The highest BCUT2D eigenvalue weighted by molar-refractivity contribution is 5.58. The zero-order chi connectivity index (χ0) is 13.8. The van der Waals surface area contributed by atoms with Gasteiger partial charge < -0.3 is 10.2 Å². The number of anilines is 2. The first-order valence-electron chi connectivity index (χ1n) is 6.87. The molecule has 1 N–H and O–H groups in total. The Balaban J connectivity index is 2.31. The fourth-order valence-electron chi connectivity index (χ4n) is 2.08. The third-order valence-corrected chi connectivity index (χ3v) is 3.34. The third kappa shape index (κ3) is 3.14. The van der Waals surface area contributed by atoms with E-state index in [4.69, 9.17) is 10.2 Å². The van der Waals surface area contributed by atoms with Gasteiger partial charge in [-0.3, -0.25) is 0 Å². The monoisotopic (exact) mass is 259 g/mol. The second kappa shape index (κ2) is 5.87. The van der Waals surface area contributed by atoms with Crippen LogP contribution in [0.3, 0.4) is 0 Å². The van der Waals surface area contributed by atoms with Gasteiger partial charge in [-0.1, -0.05) is 0 Å². The van der Waals surface area contributed by atoms with Crippen molar-refractivity contribution in [2.45, 2.75) is 39.0 Å². The molecule has 0 amide bonds. The Bertz CT molecular complexity index is 487. The van der Waals surface area contributed by atoms with E-state index in [0.29, 0.717) is 18.9 Å². The first kappa shape index (κ1) is 13.6. The van der Waals surface area contributed by atoms with Crippen LogP contribution >= 0.6 is 0 Å². The summed E-state index contributed by atoms with van der Waals surface area (Å²) in [6.07, 6.45) is 2.89. The standard InChI is InChI=1S/C14H21N5/c1-4-16-12-10(2)14(19(3)9-5-8-15)18-13(17-12)11-6-7-11/h11H,4-7,9H2,1-3H3,(H,16,17,18). The minimum absolute atomic E-state index is 0.509. The van der Waals surface area contributed by atoms with E-state index in [1.807, 2.05) is 18.9 Å². The van der Waals surface area contributed by atoms with Gasteiger partial charge in [-0.2, -0.15) is 5.26 Å². The van der Waals surface area contributed by atoms with E-state index in [1.165, 1.54) is 12.8 Å². The molecule has 0 bridgehead atoms. The van der Waals surface area contributed by atoms with Gasteiger partial charge >= 0.3 is 0 Å². The van der Waals surface area contributed by atoms with Crippen LogP contribution in [0, 0.1) is 18.3 Å². The van der Waals surface area contributed by atoms with Crippen molar-refractivity contribution in [3.05, 3.63) is 11.4 Å². The summed E-state index contributed by atoms with van der Waals surface area (Å²) >= 11 is 0. The number of hydrogen-bond donors (Lipinski definition) is 1. The van der Waals surface area contributed by atoms with Crippen LogP contribution in [0.25, 0.3) is 0 Å². The molecule has 0 aromatic carbocycles. The summed E-state index contributed by atoms with van der Waals surface area (Å²) in [5.74, 6) is 3.35. The van der Waals surface area contributed by atoms with E-state index < -0.39 is 0 Å². The fraction of sp³-hybridized carbons (Fsp3) is 0.643. The van der Waals surface area contributed by atoms with Crippen molar-refractivity contribution >= 4 is 11.6 Å². The molecule has 1 heterocycles. The SMILES string of the molecule is CCNc1nc(C2CC2)nc(N(C)CCC#N)c1C. The van der Waals surface area contributed by atoms with Crippen molar-refractivity contribution < 1.29 is 0 Å². The predicted molar refractivity (Wildman–Crippen MR) is 76.4 cm³/mol. The lowest BCUT2D eigenvalue weighted by Gasteiger charge is -2.21. The molecule has 1 fully saturated rings. The van der Waals surface area contributed by atoms with Crippen molar-refractivity contribution in [1.82, 2.24) is 9.97 Å². The van der Waals surface area contributed by atoms with Crippen LogP contribution in [-0.4, -0.2) is 30.1 Å². The summed E-state index contributed by atoms with van der Waals surface area (Å²) < 4.78 is 0. The molecule has 2 rings (SSSR count). The van der Waals surface area contributed by atoms with Gasteiger partial charge in [-0.05, 0) is 26.7 Å². The maximum Gasteiger partial charge on any atom is 0.137 e.